The van der Waals surface area contributed by atoms with E-state index in [1.165, 1.54) is 41.6 Å². The molecule has 0 amide bonds. The van der Waals surface area contributed by atoms with Crippen molar-refractivity contribution in [1.82, 2.24) is 9.80 Å². The Morgan fingerprint density at radius 1 is 0.853 bits per heavy atom. The standard InChI is InChI=1S/C31H38N2O/c1-23(2)26-16-17-30(34-3)27(19-26)20-32-21-28-15-10-18-33(28)29(22-32)31(24-11-6-4-7-12-24)25-13-8-5-9-14-25/h4-9,11-14,16-17,19,23,28-29,31H,10,15,18,20-22H2,1-3H3/t28-,29-/m0/s1. The Morgan fingerprint density at radius 3 is 2.15 bits per heavy atom. The zero-order valence-corrected chi connectivity index (χ0v) is 20.9. The van der Waals surface area contributed by atoms with E-state index >= 15 is 0 Å². The third kappa shape index (κ3) is 4.78. The fourth-order valence-corrected chi connectivity index (χ4v) is 6.14. The fourth-order valence-electron chi connectivity index (χ4n) is 6.14. The zero-order chi connectivity index (χ0) is 23.5. The second kappa shape index (κ2) is 10.3. The molecule has 2 fully saturated rings. The molecule has 0 spiro atoms. The van der Waals surface area contributed by atoms with Gasteiger partial charge in [-0.15, -0.1) is 0 Å². The van der Waals surface area contributed by atoms with Crippen molar-refractivity contribution in [3.63, 3.8) is 0 Å². The van der Waals surface area contributed by atoms with Crippen LogP contribution >= 0.6 is 0 Å². The van der Waals surface area contributed by atoms with Crippen LogP contribution in [0.3, 0.4) is 0 Å². The van der Waals surface area contributed by atoms with Gasteiger partial charge in [-0.05, 0) is 48.1 Å². The third-order valence-electron chi connectivity index (χ3n) is 7.83. The SMILES string of the molecule is COc1ccc(C(C)C)cc1CN1C[C@@H]2CCCN2[C@H](C(c2ccccc2)c2ccccc2)C1. The van der Waals surface area contributed by atoms with Crippen LogP contribution in [0.1, 0.15) is 60.8 Å². The molecule has 2 aliphatic heterocycles. The Kier molecular flexibility index (Phi) is 7.03. The second-order valence-corrected chi connectivity index (χ2v) is 10.3. The minimum atomic E-state index is 0.370. The molecule has 0 aliphatic carbocycles. The lowest BCUT2D eigenvalue weighted by Crippen LogP contribution is -2.57. The molecule has 0 bridgehead atoms. The molecule has 5 rings (SSSR count). The van der Waals surface area contributed by atoms with Crippen LogP contribution in [0, 0.1) is 0 Å². The summed E-state index contributed by atoms with van der Waals surface area (Å²) >= 11 is 0. The minimum absolute atomic E-state index is 0.370. The van der Waals surface area contributed by atoms with Crippen LogP contribution in [0.4, 0.5) is 0 Å². The topological polar surface area (TPSA) is 15.7 Å². The van der Waals surface area contributed by atoms with E-state index in [9.17, 15) is 0 Å². The molecule has 3 aromatic rings. The molecule has 0 N–H and O–H groups in total. The molecule has 0 saturated carbocycles. The van der Waals surface area contributed by atoms with Gasteiger partial charge in [0.2, 0.25) is 0 Å². The minimum Gasteiger partial charge on any atom is -0.496 e. The molecule has 0 radical (unpaired) electrons. The van der Waals surface area contributed by atoms with E-state index in [1.807, 2.05) is 0 Å². The summed E-state index contributed by atoms with van der Waals surface area (Å²) < 4.78 is 5.78. The Hall–Kier alpha value is -2.62. The van der Waals surface area contributed by atoms with Gasteiger partial charge in [-0.1, -0.05) is 86.6 Å². The number of fused-ring (bicyclic) bond motifs is 1. The maximum Gasteiger partial charge on any atom is 0.123 e. The highest BCUT2D eigenvalue weighted by Crippen LogP contribution is 2.38. The lowest BCUT2D eigenvalue weighted by atomic mass is 9.82. The van der Waals surface area contributed by atoms with Gasteiger partial charge < -0.3 is 4.74 Å². The van der Waals surface area contributed by atoms with Gasteiger partial charge in [0.25, 0.3) is 0 Å². The largest absolute Gasteiger partial charge is 0.496 e. The number of hydrogen-bond acceptors (Lipinski definition) is 3. The summed E-state index contributed by atoms with van der Waals surface area (Å²) in [6.45, 7) is 8.90. The molecule has 2 atom stereocenters. The number of hydrogen-bond donors (Lipinski definition) is 0. The number of benzene rings is 3. The second-order valence-electron chi connectivity index (χ2n) is 10.3. The molecule has 3 aromatic carbocycles. The maximum atomic E-state index is 5.78. The van der Waals surface area contributed by atoms with Gasteiger partial charge in [0, 0.05) is 43.2 Å². The van der Waals surface area contributed by atoms with Crippen molar-refractivity contribution >= 4 is 0 Å². The van der Waals surface area contributed by atoms with E-state index in [0.717, 1.165) is 25.4 Å². The molecule has 0 unspecified atom stereocenters. The normalized spacial score (nSPS) is 21.2. The van der Waals surface area contributed by atoms with Crippen LogP contribution in [-0.4, -0.2) is 48.6 Å². The van der Waals surface area contributed by atoms with Gasteiger partial charge in [0.1, 0.15) is 5.75 Å². The Morgan fingerprint density at radius 2 is 1.53 bits per heavy atom. The molecule has 2 heterocycles. The molecule has 3 nitrogen and oxygen atoms in total. The van der Waals surface area contributed by atoms with Crippen molar-refractivity contribution in [2.24, 2.45) is 0 Å². The van der Waals surface area contributed by atoms with Crippen molar-refractivity contribution < 1.29 is 4.74 Å². The number of nitrogens with zero attached hydrogens (tertiary/aromatic N) is 2. The smallest absolute Gasteiger partial charge is 0.123 e. The molecule has 34 heavy (non-hydrogen) atoms. The highest BCUT2D eigenvalue weighted by molar-refractivity contribution is 5.39. The first-order valence-electron chi connectivity index (χ1n) is 12.9. The average Bonchev–Trinajstić information content (AvgIpc) is 3.34. The fraction of sp³-hybridized carbons (Fsp3) is 0.419. The van der Waals surface area contributed by atoms with Crippen molar-refractivity contribution in [2.75, 3.05) is 26.7 Å². The van der Waals surface area contributed by atoms with Gasteiger partial charge in [0.15, 0.2) is 0 Å². The summed E-state index contributed by atoms with van der Waals surface area (Å²) in [6.07, 6.45) is 2.60. The predicted molar refractivity (Wildman–Crippen MR) is 141 cm³/mol. The Bertz CT molecular complexity index is 1030. The van der Waals surface area contributed by atoms with Gasteiger partial charge in [0.05, 0.1) is 7.11 Å². The van der Waals surface area contributed by atoms with Crippen LogP contribution in [-0.2, 0) is 6.54 Å². The number of piperazine rings is 1. The number of methoxy groups -OCH3 is 1. The quantitative estimate of drug-likeness (QED) is 0.417. The Labute approximate surface area is 205 Å². The molecule has 0 aromatic heterocycles. The van der Waals surface area contributed by atoms with E-state index in [2.05, 4.69) is 103 Å². The highest BCUT2D eigenvalue weighted by Gasteiger charge is 2.41. The summed E-state index contributed by atoms with van der Waals surface area (Å²) in [7, 11) is 1.80. The Balaban J connectivity index is 1.48. The average molecular weight is 455 g/mol. The highest BCUT2D eigenvalue weighted by atomic mass is 16.5. The van der Waals surface area contributed by atoms with Gasteiger partial charge in [-0.3, -0.25) is 9.80 Å². The molecule has 178 valence electrons. The summed E-state index contributed by atoms with van der Waals surface area (Å²) in [6, 6.07) is 30.1. The lowest BCUT2D eigenvalue weighted by Gasteiger charge is -2.47. The maximum absolute atomic E-state index is 5.78. The van der Waals surface area contributed by atoms with Crippen molar-refractivity contribution in [2.45, 2.75) is 57.2 Å². The van der Waals surface area contributed by atoms with Gasteiger partial charge in [-0.2, -0.15) is 0 Å². The van der Waals surface area contributed by atoms with E-state index in [1.54, 1.807) is 7.11 Å². The summed E-state index contributed by atoms with van der Waals surface area (Å²) in [5.74, 6) is 1.90. The van der Waals surface area contributed by atoms with Crippen LogP contribution in [0.2, 0.25) is 0 Å². The van der Waals surface area contributed by atoms with Crippen LogP contribution in [0.25, 0.3) is 0 Å². The summed E-state index contributed by atoms with van der Waals surface area (Å²) in [4.78, 5) is 5.51. The van der Waals surface area contributed by atoms with Crippen molar-refractivity contribution in [3.8, 4) is 5.75 Å². The summed E-state index contributed by atoms with van der Waals surface area (Å²) in [5.41, 5.74) is 5.55. The predicted octanol–water partition coefficient (Wildman–Crippen LogP) is 6.30. The van der Waals surface area contributed by atoms with Crippen molar-refractivity contribution in [3.05, 3.63) is 101 Å². The molecule has 2 saturated heterocycles. The summed E-state index contributed by atoms with van der Waals surface area (Å²) in [5, 5.41) is 0. The van der Waals surface area contributed by atoms with Crippen LogP contribution in [0.15, 0.2) is 78.9 Å². The van der Waals surface area contributed by atoms with E-state index in [-0.39, 0.29) is 0 Å². The molecule has 3 heteroatoms. The van der Waals surface area contributed by atoms with Gasteiger partial charge >= 0.3 is 0 Å². The third-order valence-corrected chi connectivity index (χ3v) is 7.83. The lowest BCUT2D eigenvalue weighted by molar-refractivity contribution is 0.0380. The van der Waals surface area contributed by atoms with Crippen LogP contribution in [0.5, 0.6) is 5.75 Å². The van der Waals surface area contributed by atoms with Gasteiger partial charge in [-0.25, -0.2) is 0 Å². The number of ether oxygens (including phenoxy) is 1. The first-order valence-corrected chi connectivity index (χ1v) is 12.9. The van der Waals surface area contributed by atoms with E-state index < -0.39 is 0 Å². The first-order chi connectivity index (χ1) is 16.6. The van der Waals surface area contributed by atoms with E-state index in [4.69, 9.17) is 4.74 Å². The van der Waals surface area contributed by atoms with Crippen LogP contribution < -0.4 is 4.74 Å². The number of rotatable bonds is 7. The van der Waals surface area contributed by atoms with E-state index in [0.29, 0.717) is 23.9 Å². The zero-order valence-electron chi connectivity index (χ0n) is 20.9. The molecular weight excluding hydrogens is 416 g/mol. The monoisotopic (exact) mass is 454 g/mol. The molecule has 2 aliphatic rings. The first kappa shape index (κ1) is 23.1. The molecular formula is C31H38N2O. The van der Waals surface area contributed by atoms with Crippen molar-refractivity contribution in [1.29, 1.82) is 0 Å².